The fourth-order valence-electron chi connectivity index (χ4n) is 3.48. The van der Waals surface area contributed by atoms with Gasteiger partial charge in [-0.15, -0.1) is 0 Å². The van der Waals surface area contributed by atoms with Crippen LogP contribution in [0, 0.1) is 0 Å². The highest BCUT2D eigenvalue weighted by atomic mass is 16.5. The van der Waals surface area contributed by atoms with Crippen molar-refractivity contribution in [1.82, 2.24) is 24.6 Å². The third-order valence-electron chi connectivity index (χ3n) is 5.09. The quantitative estimate of drug-likeness (QED) is 0.498. The van der Waals surface area contributed by atoms with Crippen molar-refractivity contribution in [2.45, 2.75) is 12.6 Å². The van der Waals surface area contributed by atoms with Gasteiger partial charge in [0.1, 0.15) is 17.6 Å². The summed E-state index contributed by atoms with van der Waals surface area (Å²) in [5.41, 5.74) is 2.57. The summed E-state index contributed by atoms with van der Waals surface area (Å²) >= 11 is 0. The van der Waals surface area contributed by atoms with Gasteiger partial charge in [-0.2, -0.15) is 5.10 Å². The van der Waals surface area contributed by atoms with Gasteiger partial charge in [0.15, 0.2) is 0 Å². The standard InChI is InChI=1S/C23H23N5O3/c1-27-19-11-7-6-10-17(19)24-22(27)21(16-8-4-3-5-9-16)25-23(30)18-12-13-20(29)28(26-18)14-15-31-2/h3-13,21H,14-15H2,1-2H3,(H,25,30). The number of carbonyl (C=O) groups excluding carboxylic acids is 1. The van der Waals surface area contributed by atoms with E-state index in [1.807, 2.05) is 66.2 Å². The lowest BCUT2D eigenvalue weighted by Gasteiger charge is -2.19. The lowest BCUT2D eigenvalue weighted by molar-refractivity contribution is 0.0932. The highest BCUT2D eigenvalue weighted by Gasteiger charge is 2.24. The van der Waals surface area contributed by atoms with E-state index in [9.17, 15) is 9.59 Å². The van der Waals surface area contributed by atoms with Gasteiger partial charge >= 0.3 is 0 Å². The van der Waals surface area contributed by atoms with E-state index in [1.54, 1.807) is 7.11 Å². The highest BCUT2D eigenvalue weighted by molar-refractivity contribution is 5.92. The number of hydrogen-bond acceptors (Lipinski definition) is 5. The van der Waals surface area contributed by atoms with E-state index in [4.69, 9.17) is 9.72 Å². The number of nitrogens with one attached hydrogen (secondary N) is 1. The summed E-state index contributed by atoms with van der Waals surface area (Å²) in [6.07, 6.45) is 0. The molecule has 0 aliphatic rings. The van der Waals surface area contributed by atoms with E-state index < -0.39 is 11.9 Å². The number of aromatic nitrogens is 4. The van der Waals surface area contributed by atoms with Crippen molar-refractivity contribution in [3.8, 4) is 0 Å². The summed E-state index contributed by atoms with van der Waals surface area (Å²) in [5.74, 6) is 0.306. The molecule has 0 aliphatic carbocycles. The van der Waals surface area contributed by atoms with Crippen molar-refractivity contribution in [3.63, 3.8) is 0 Å². The summed E-state index contributed by atoms with van der Waals surface area (Å²) in [7, 11) is 3.47. The SMILES string of the molecule is COCCn1nc(C(=O)NC(c2ccccc2)c2nc3ccccc3n2C)ccc1=O. The maximum Gasteiger partial charge on any atom is 0.272 e. The average Bonchev–Trinajstić information content (AvgIpc) is 3.13. The number of rotatable bonds is 7. The second-order valence-corrected chi connectivity index (χ2v) is 7.11. The monoisotopic (exact) mass is 417 g/mol. The largest absolute Gasteiger partial charge is 0.383 e. The summed E-state index contributed by atoms with van der Waals surface area (Å²) in [6.45, 7) is 0.591. The van der Waals surface area contributed by atoms with Gasteiger partial charge < -0.3 is 14.6 Å². The van der Waals surface area contributed by atoms with Crippen molar-refractivity contribution in [3.05, 3.63) is 94.2 Å². The maximum absolute atomic E-state index is 13.1. The molecule has 158 valence electrons. The molecule has 1 N–H and O–H groups in total. The van der Waals surface area contributed by atoms with Gasteiger partial charge in [0.25, 0.3) is 11.5 Å². The Hall–Kier alpha value is -3.78. The fraction of sp³-hybridized carbons (Fsp3) is 0.217. The third kappa shape index (κ3) is 4.24. The van der Waals surface area contributed by atoms with E-state index in [-0.39, 0.29) is 17.8 Å². The second-order valence-electron chi connectivity index (χ2n) is 7.11. The number of carbonyl (C=O) groups is 1. The minimum Gasteiger partial charge on any atom is -0.383 e. The molecule has 1 amide bonds. The van der Waals surface area contributed by atoms with Gasteiger partial charge in [-0.3, -0.25) is 9.59 Å². The minimum absolute atomic E-state index is 0.149. The van der Waals surface area contributed by atoms with Crippen LogP contribution in [0.5, 0.6) is 0 Å². The number of fused-ring (bicyclic) bond motifs is 1. The van der Waals surface area contributed by atoms with Gasteiger partial charge in [0.05, 0.1) is 24.2 Å². The van der Waals surface area contributed by atoms with Crippen molar-refractivity contribution >= 4 is 16.9 Å². The Morgan fingerprint density at radius 2 is 1.81 bits per heavy atom. The highest BCUT2D eigenvalue weighted by Crippen LogP contribution is 2.25. The van der Waals surface area contributed by atoms with E-state index >= 15 is 0 Å². The first-order valence-electron chi connectivity index (χ1n) is 9.92. The van der Waals surface area contributed by atoms with Crippen LogP contribution >= 0.6 is 0 Å². The smallest absolute Gasteiger partial charge is 0.272 e. The molecule has 1 unspecified atom stereocenters. The molecule has 0 saturated heterocycles. The number of methoxy groups -OCH3 is 1. The Balaban J connectivity index is 1.71. The molecule has 31 heavy (non-hydrogen) atoms. The predicted octanol–water partition coefficient (Wildman–Crippen LogP) is 2.30. The molecular weight excluding hydrogens is 394 g/mol. The van der Waals surface area contributed by atoms with Crippen LogP contribution in [0.25, 0.3) is 11.0 Å². The van der Waals surface area contributed by atoms with Gasteiger partial charge in [-0.05, 0) is 23.8 Å². The molecule has 8 nitrogen and oxygen atoms in total. The second kappa shape index (κ2) is 8.93. The van der Waals surface area contributed by atoms with Crippen LogP contribution in [-0.4, -0.2) is 39.0 Å². The van der Waals surface area contributed by atoms with Crippen LogP contribution in [0.3, 0.4) is 0 Å². The molecule has 2 heterocycles. The zero-order chi connectivity index (χ0) is 21.8. The molecule has 0 saturated carbocycles. The molecular formula is C23H23N5O3. The number of para-hydroxylation sites is 2. The molecule has 4 aromatic rings. The zero-order valence-electron chi connectivity index (χ0n) is 17.4. The average molecular weight is 417 g/mol. The molecule has 0 fully saturated rings. The van der Waals surface area contributed by atoms with Gasteiger partial charge in [0, 0.05) is 20.2 Å². The van der Waals surface area contributed by atoms with Crippen LogP contribution in [0.2, 0.25) is 0 Å². The van der Waals surface area contributed by atoms with Gasteiger partial charge in [0.2, 0.25) is 0 Å². The Morgan fingerprint density at radius 3 is 2.55 bits per heavy atom. The molecule has 1 atom stereocenters. The number of aryl methyl sites for hydroxylation is 1. The van der Waals surface area contributed by atoms with E-state index in [2.05, 4.69) is 10.4 Å². The normalized spacial score (nSPS) is 12.1. The van der Waals surface area contributed by atoms with Crippen LogP contribution < -0.4 is 10.9 Å². The maximum atomic E-state index is 13.1. The molecule has 8 heteroatoms. The zero-order valence-corrected chi connectivity index (χ0v) is 17.4. The minimum atomic E-state index is -0.493. The van der Waals surface area contributed by atoms with E-state index in [1.165, 1.54) is 16.8 Å². The third-order valence-corrected chi connectivity index (χ3v) is 5.09. The molecule has 2 aromatic carbocycles. The lowest BCUT2D eigenvalue weighted by atomic mass is 10.1. The first kappa shape index (κ1) is 20.5. The van der Waals surface area contributed by atoms with Crippen molar-refractivity contribution in [2.75, 3.05) is 13.7 Å². The molecule has 0 aliphatic heterocycles. The number of ether oxygens (including phenoxy) is 1. The lowest BCUT2D eigenvalue weighted by Crippen LogP contribution is -2.34. The summed E-state index contributed by atoms with van der Waals surface area (Å²) in [5, 5.41) is 7.24. The fourth-order valence-corrected chi connectivity index (χ4v) is 3.48. The van der Waals surface area contributed by atoms with Gasteiger partial charge in [-0.25, -0.2) is 9.67 Å². The molecule has 4 rings (SSSR count). The summed E-state index contributed by atoms with van der Waals surface area (Å²) < 4.78 is 8.21. The van der Waals surface area contributed by atoms with Crippen LogP contribution in [0.4, 0.5) is 0 Å². The number of hydrogen-bond donors (Lipinski definition) is 1. The number of imidazole rings is 1. The summed E-state index contributed by atoms with van der Waals surface area (Å²) in [4.78, 5) is 29.9. The van der Waals surface area contributed by atoms with E-state index in [0.29, 0.717) is 12.4 Å². The summed E-state index contributed by atoms with van der Waals surface area (Å²) in [6, 6.07) is 19.7. The number of amides is 1. The molecule has 0 bridgehead atoms. The van der Waals surface area contributed by atoms with Crippen molar-refractivity contribution < 1.29 is 9.53 Å². The molecule has 0 spiro atoms. The Kier molecular flexibility index (Phi) is 5.90. The van der Waals surface area contributed by atoms with Crippen molar-refractivity contribution in [2.24, 2.45) is 7.05 Å². The Bertz CT molecular complexity index is 1260. The number of nitrogens with zero attached hydrogens (tertiary/aromatic N) is 4. The Labute approximate surface area is 179 Å². The molecule has 2 aromatic heterocycles. The van der Waals surface area contributed by atoms with Crippen LogP contribution in [-0.2, 0) is 18.3 Å². The topological polar surface area (TPSA) is 91.0 Å². The van der Waals surface area contributed by atoms with Crippen LogP contribution in [0.15, 0.2) is 71.5 Å². The first-order chi connectivity index (χ1) is 15.1. The molecule has 0 radical (unpaired) electrons. The van der Waals surface area contributed by atoms with Gasteiger partial charge in [-0.1, -0.05) is 42.5 Å². The first-order valence-corrected chi connectivity index (χ1v) is 9.92. The number of benzene rings is 2. The van der Waals surface area contributed by atoms with Crippen molar-refractivity contribution in [1.29, 1.82) is 0 Å². The predicted molar refractivity (Wildman–Crippen MR) is 117 cm³/mol. The Morgan fingerprint density at radius 1 is 1.06 bits per heavy atom. The van der Waals surface area contributed by atoms with Crippen LogP contribution in [0.1, 0.15) is 27.9 Å². The van der Waals surface area contributed by atoms with E-state index in [0.717, 1.165) is 16.6 Å².